The summed E-state index contributed by atoms with van der Waals surface area (Å²) in [5, 5.41) is 0. The van der Waals surface area contributed by atoms with Crippen molar-refractivity contribution in [2.45, 2.75) is 72.4 Å². The minimum absolute atomic E-state index is 0.298. The largest absolute Gasteiger partial charge is 0.300 e. The number of ketones is 1. The molecule has 0 heterocycles. The lowest BCUT2D eigenvalue weighted by atomic mass is 10.1. The van der Waals surface area contributed by atoms with E-state index in [4.69, 9.17) is 0 Å². The number of hydrogen-bond donors (Lipinski definition) is 0. The van der Waals surface area contributed by atoms with Gasteiger partial charge in [-0.1, -0.05) is 20.3 Å². The topological polar surface area (TPSA) is 20.3 Å². The van der Waals surface area contributed by atoms with Crippen molar-refractivity contribution in [1.82, 2.24) is 4.90 Å². The van der Waals surface area contributed by atoms with Crippen LogP contribution in [0.15, 0.2) is 0 Å². The fourth-order valence-electron chi connectivity index (χ4n) is 1.98. The molecule has 0 aromatic carbocycles. The van der Waals surface area contributed by atoms with Gasteiger partial charge in [0.1, 0.15) is 5.78 Å². The summed E-state index contributed by atoms with van der Waals surface area (Å²) < 4.78 is 0. The Kier molecular flexibility index (Phi) is 7.67. The van der Waals surface area contributed by atoms with Crippen LogP contribution in [-0.4, -0.2) is 29.3 Å². The summed E-state index contributed by atoms with van der Waals surface area (Å²) in [4.78, 5) is 13.6. The summed E-state index contributed by atoms with van der Waals surface area (Å²) in [5.74, 6) is 0.298. The Hall–Kier alpha value is -0.370. The average molecular weight is 213 g/mol. The second kappa shape index (κ2) is 7.86. The minimum Gasteiger partial charge on any atom is -0.300 e. The molecule has 0 aliphatic rings. The van der Waals surface area contributed by atoms with E-state index in [1.54, 1.807) is 6.92 Å². The molecule has 2 unspecified atom stereocenters. The molecule has 0 spiro atoms. The molecule has 90 valence electrons. The van der Waals surface area contributed by atoms with Crippen molar-refractivity contribution in [2.75, 3.05) is 6.54 Å². The average Bonchev–Trinajstić information content (AvgIpc) is 2.16. The Balaban J connectivity index is 4.25. The lowest BCUT2D eigenvalue weighted by molar-refractivity contribution is -0.118. The summed E-state index contributed by atoms with van der Waals surface area (Å²) >= 11 is 0. The van der Waals surface area contributed by atoms with E-state index in [1.165, 1.54) is 12.8 Å². The predicted octanol–water partition coefficient (Wildman–Crippen LogP) is 3.25. The molecule has 0 bridgehead atoms. The van der Waals surface area contributed by atoms with Gasteiger partial charge in [0.25, 0.3) is 0 Å². The molecule has 0 fully saturated rings. The Labute approximate surface area is 95.0 Å². The Morgan fingerprint density at radius 1 is 1.20 bits per heavy atom. The fourth-order valence-corrected chi connectivity index (χ4v) is 1.98. The summed E-state index contributed by atoms with van der Waals surface area (Å²) in [5.41, 5.74) is 0. The maximum absolute atomic E-state index is 11.1. The van der Waals surface area contributed by atoms with Crippen LogP contribution in [0.5, 0.6) is 0 Å². The molecule has 0 aromatic rings. The van der Waals surface area contributed by atoms with Crippen LogP contribution < -0.4 is 0 Å². The number of carbonyl (C=O) groups is 1. The van der Waals surface area contributed by atoms with Gasteiger partial charge in [0.05, 0.1) is 0 Å². The molecule has 2 nitrogen and oxygen atoms in total. The molecule has 15 heavy (non-hydrogen) atoms. The first-order valence-corrected chi connectivity index (χ1v) is 6.28. The minimum atomic E-state index is 0.298. The summed E-state index contributed by atoms with van der Waals surface area (Å²) in [6.45, 7) is 11.7. The lowest BCUT2D eigenvalue weighted by Gasteiger charge is -2.33. The molecular formula is C13H27NO. The normalized spacial score (nSPS) is 15.3. The zero-order chi connectivity index (χ0) is 11.8. The van der Waals surface area contributed by atoms with Crippen molar-refractivity contribution >= 4 is 5.78 Å². The first kappa shape index (κ1) is 14.6. The second-order valence-corrected chi connectivity index (χ2v) is 4.60. The third-order valence-corrected chi connectivity index (χ3v) is 3.08. The van der Waals surface area contributed by atoms with Gasteiger partial charge in [-0.2, -0.15) is 0 Å². The van der Waals surface area contributed by atoms with Crippen molar-refractivity contribution in [2.24, 2.45) is 0 Å². The van der Waals surface area contributed by atoms with Crippen LogP contribution in [0.4, 0.5) is 0 Å². The molecule has 0 aliphatic carbocycles. The van der Waals surface area contributed by atoms with Crippen LogP contribution >= 0.6 is 0 Å². The van der Waals surface area contributed by atoms with Gasteiger partial charge < -0.3 is 0 Å². The molecular weight excluding hydrogens is 186 g/mol. The van der Waals surface area contributed by atoms with Crippen LogP contribution in [0, 0.1) is 0 Å². The third-order valence-electron chi connectivity index (χ3n) is 3.08. The van der Waals surface area contributed by atoms with Crippen molar-refractivity contribution in [1.29, 1.82) is 0 Å². The number of hydrogen-bond acceptors (Lipinski definition) is 2. The van der Waals surface area contributed by atoms with Gasteiger partial charge in [-0.05, 0) is 40.2 Å². The van der Waals surface area contributed by atoms with Crippen LogP contribution in [0.3, 0.4) is 0 Å². The zero-order valence-corrected chi connectivity index (χ0v) is 11.0. The first-order chi connectivity index (χ1) is 7.02. The molecule has 0 saturated carbocycles. The number of nitrogens with zero attached hydrogens (tertiary/aromatic N) is 1. The van der Waals surface area contributed by atoms with Gasteiger partial charge in [-0.25, -0.2) is 0 Å². The quantitative estimate of drug-likeness (QED) is 0.617. The molecule has 0 aromatic heterocycles. The Morgan fingerprint density at radius 2 is 1.80 bits per heavy atom. The van der Waals surface area contributed by atoms with Gasteiger partial charge in [0.2, 0.25) is 0 Å². The number of rotatable bonds is 8. The molecule has 0 amide bonds. The molecule has 0 N–H and O–H groups in total. The number of unbranched alkanes of at least 4 members (excludes halogenated alkanes) is 1. The smallest absolute Gasteiger partial charge is 0.131 e. The van der Waals surface area contributed by atoms with E-state index in [-0.39, 0.29) is 0 Å². The Morgan fingerprint density at radius 3 is 2.20 bits per heavy atom. The van der Waals surface area contributed by atoms with Crippen LogP contribution in [0.1, 0.15) is 60.3 Å². The van der Waals surface area contributed by atoms with E-state index in [9.17, 15) is 4.79 Å². The van der Waals surface area contributed by atoms with E-state index in [2.05, 4.69) is 32.6 Å². The molecule has 0 radical (unpaired) electrons. The van der Waals surface area contributed by atoms with Gasteiger partial charge in [0.15, 0.2) is 0 Å². The van der Waals surface area contributed by atoms with Crippen LogP contribution in [0.2, 0.25) is 0 Å². The highest BCUT2D eigenvalue weighted by molar-refractivity contribution is 5.76. The second-order valence-electron chi connectivity index (χ2n) is 4.60. The highest BCUT2D eigenvalue weighted by atomic mass is 16.1. The third kappa shape index (κ3) is 5.93. The summed E-state index contributed by atoms with van der Waals surface area (Å²) in [6, 6.07) is 0.981. The van der Waals surface area contributed by atoms with E-state index in [0.29, 0.717) is 24.3 Å². The van der Waals surface area contributed by atoms with Crippen LogP contribution in [-0.2, 0) is 4.79 Å². The predicted molar refractivity (Wildman–Crippen MR) is 66.1 cm³/mol. The molecule has 0 saturated heterocycles. The standard InChI is InChI=1S/C13H27NO/c1-6-8-9-14(11(3)7-2)12(4)10-13(5)15/h11-12H,6-10H2,1-5H3. The highest BCUT2D eigenvalue weighted by Crippen LogP contribution is 2.13. The maximum atomic E-state index is 11.1. The van der Waals surface area contributed by atoms with Crippen molar-refractivity contribution in [3.63, 3.8) is 0 Å². The first-order valence-electron chi connectivity index (χ1n) is 6.28. The van der Waals surface area contributed by atoms with Crippen molar-refractivity contribution in [3.05, 3.63) is 0 Å². The molecule has 2 atom stereocenters. The van der Waals surface area contributed by atoms with Crippen molar-refractivity contribution in [3.8, 4) is 0 Å². The van der Waals surface area contributed by atoms with E-state index < -0.39 is 0 Å². The SMILES string of the molecule is CCCCN(C(C)CC)C(C)CC(C)=O. The summed E-state index contributed by atoms with van der Waals surface area (Å²) in [6.07, 6.45) is 4.30. The zero-order valence-electron chi connectivity index (χ0n) is 11.0. The van der Waals surface area contributed by atoms with Gasteiger partial charge in [-0.3, -0.25) is 9.69 Å². The number of carbonyl (C=O) groups excluding carboxylic acids is 1. The van der Waals surface area contributed by atoms with E-state index in [1.807, 2.05) is 0 Å². The van der Waals surface area contributed by atoms with Gasteiger partial charge in [-0.15, -0.1) is 0 Å². The number of Topliss-reactive ketones (excluding diaryl/α,β-unsaturated/α-hetero) is 1. The monoisotopic (exact) mass is 213 g/mol. The van der Waals surface area contributed by atoms with Crippen molar-refractivity contribution < 1.29 is 4.79 Å². The fraction of sp³-hybridized carbons (Fsp3) is 0.923. The maximum Gasteiger partial charge on any atom is 0.131 e. The van der Waals surface area contributed by atoms with Gasteiger partial charge >= 0.3 is 0 Å². The summed E-state index contributed by atoms with van der Waals surface area (Å²) in [7, 11) is 0. The Bertz CT molecular complexity index is 179. The van der Waals surface area contributed by atoms with E-state index >= 15 is 0 Å². The molecule has 0 aliphatic heterocycles. The highest BCUT2D eigenvalue weighted by Gasteiger charge is 2.19. The lowest BCUT2D eigenvalue weighted by Crippen LogP contribution is -2.41. The molecule has 0 rings (SSSR count). The van der Waals surface area contributed by atoms with Gasteiger partial charge in [0, 0.05) is 18.5 Å². The van der Waals surface area contributed by atoms with E-state index in [0.717, 1.165) is 13.0 Å². The van der Waals surface area contributed by atoms with Crippen LogP contribution in [0.25, 0.3) is 0 Å². The molecule has 2 heteroatoms.